The van der Waals surface area contributed by atoms with Crippen LogP contribution < -0.4 is 10.6 Å². The van der Waals surface area contributed by atoms with Gasteiger partial charge in [0.15, 0.2) is 4.87 Å². The molecule has 51 heavy (non-hydrogen) atoms. The lowest BCUT2D eigenvalue weighted by molar-refractivity contribution is -0.169. The summed E-state index contributed by atoms with van der Waals surface area (Å²) in [5, 5.41) is 44.9. The van der Waals surface area contributed by atoms with Crippen molar-refractivity contribution in [2.45, 2.75) is 68.7 Å². The van der Waals surface area contributed by atoms with Crippen LogP contribution in [0.25, 0.3) is 0 Å². The van der Waals surface area contributed by atoms with Crippen LogP contribution in [0.2, 0.25) is 0 Å². The Morgan fingerprint density at radius 2 is 1.18 bits per heavy atom. The Labute approximate surface area is 315 Å². The Hall–Kier alpha value is -2.10. The van der Waals surface area contributed by atoms with Gasteiger partial charge in [0.25, 0.3) is 23.6 Å². The number of aliphatic hydroxyl groups is 3. The minimum Gasteiger partial charge on any atom is -0.392 e. The fourth-order valence-corrected chi connectivity index (χ4v) is 22.3. The van der Waals surface area contributed by atoms with Crippen molar-refractivity contribution in [2.75, 3.05) is 31.3 Å². The number of piperazine rings is 2. The third kappa shape index (κ3) is 3.05. The maximum absolute atomic E-state index is 15.5. The SMILES string of the molecule is CC(C)[C@]12SSSSC3(C(=O)N1C)C(O)[C@]1(C45c6ccccc6N[C@H]4N4C(=O)[C@@]6(CO)SSC4(C(=O)N6C)C5O)c4ccccc4N[C@@H]1N3C2=O. The fraction of sp³-hybridized carbons (Fsp3) is 0.500. The Morgan fingerprint density at radius 3 is 1.73 bits per heavy atom. The topological polar surface area (TPSA) is 166 Å². The summed E-state index contributed by atoms with van der Waals surface area (Å²) in [7, 11) is 10.3. The molecule has 0 aromatic heterocycles. The van der Waals surface area contributed by atoms with E-state index < -0.39 is 79.2 Å². The molecule has 10 heterocycles. The predicted octanol–water partition coefficient (Wildman–Crippen LogP) is 2.24. The summed E-state index contributed by atoms with van der Waals surface area (Å²) in [6, 6.07) is 14.6. The molecule has 4 amide bonds. The van der Waals surface area contributed by atoms with Gasteiger partial charge in [-0.1, -0.05) is 50.2 Å². The number of rotatable bonds is 3. The maximum atomic E-state index is 15.5. The molecule has 2 aromatic rings. The lowest BCUT2D eigenvalue weighted by Gasteiger charge is -2.58. The molecule has 10 atom stereocenters. The van der Waals surface area contributed by atoms with Crippen LogP contribution in [0.4, 0.5) is 11.4 Å². The number of para-hydroxylation sites is 2. The van der Waals surface area contributed by atoms with Gasteiger partial charge in [0.05, 0.1) is 17.4 Å². The summed E-state index contributed by atoms with van der Waals surface area (Å²) in [5.74, 6) is -2.26. The van der Waals surface area contributed by atoms with Crippen molar-refractivity contribution in [1.82, 2.24) is 19.6 Å². The number of benzene rings is 2. The van der Waals surface area contributed by atoms with Gasteiger partial charge in [0.1, 0.15) is 24.5 Å². The number of anilines is 2. The number of hydrogen-bond acceptors (Lipinski definition) is 15. The van der Waals surface area contributed by atoms with Gasteiger partial charge in [-0.05, 0) is 92.0 Å². The van der Waals surface area contributed by atoms with Gasteiger partial charge in [-0.2, -0.15) is 0 Å². The zero-order valence-electron chi connectivity index (χ0n) is 27.4. The number of carbonyl (C=O) groups is 4. The molecular weight excluding hydrogens is 773 g/mol. The summed E-state index contributed by atoms with van der Waals surface area (Å²) < 4.78 is 0. The Morgan fingerprint density at radius 1 is 0.686 bits per heavy atom. The summed E-state index contributed by atoms with van der Waals surface area (Å²) in [5.41, 5.74) is -1.21. The van der Waals surface area contributed by atoms with E-state index in [0.29, 0.717) is 22.5 Å². The zero-order valence-corrected chi connectivity index (χ0v) is 32.3. The average Bonchev–Trinajstić information content (AvgIpc) is 3.77. The van der Waals surface area contributed by atoms with Gasteiger partial charge in [-0.25, -0.2) is 0 Å². The molecule has 12 rings (SSSR count). The van der Waals surface area contributed by atoms with Crippen molar-refractivity contribution in [3.05, 3.63) is 59.7 Å². The van der Waals surface area contributed by atoms with E-state index in [1.807, 2.05) is 56.3 Å². The second kappa shape index (κ2) is 10.1. The van der Waals surface area contributed by atoms with Gasteiger partial charge in [-0.15, -0.1) is 0 Å². The van der Waals surface area contributed by atoms with Gasteiger partial charge in [0, 0.05) is 25.5 Å². The van der Waals surface area contributed by atoms with E-state index >= 15 is 9.59 Å². The number of aliphatic hydroxyl groups excluding tert-OH is 3. The normalized spacial score (nSPS) is 44.2. The van der Waals surface area contributed by atoms with E-state index in [9.17, 15) is 24.9 Å². The zero-order chi connectivity index (χ0) is 35.8. The molecule has 8 saturated heterocycles. The molecule has 19 heteroatoms. The van der Waals surface area contributed by atoms with E-state index in [1.165, 1.54) is 57.1 Å². The van der Waals surface area contributed by atoms with Crippen LogP contribution in [0.15, 0.2) is 48.5 Å². The van der Waals surface area contributed by atoms with Gasteiger partial charge in [0.2, 0.25) is 14.6 Å². The Balaban J connectivity index is 1.34. The van der Waals surface area contributed by atoms with Crippen molar-refractivity contribution in [3.63, 3.8) is 0 Å². The number of amides is 4. The monoisotopic (exact) mass is 804 g/mol. The van der Waals surface area contributed by atoms with Crippen LogP contribution in [0.1, 0.15) is 25.0 Å². The molecule has 13 nitrogen and oxygen atoms in total. The standard InChI is InChI=1S/C32H32N6O7S6/c1-14(2)30-26(45)38-22-29(16-10-6-8-12-18(16)34-22,20(41)32(38,25(44)36(30)4)49-51-50-48-30)28-15-9-5-7-11-17(15)33-21(28)37-23(42)27(13-39)35(3)24(43)31(37,19(28)40)47-46-27/h5-12,14,19-22,33-34,39-41H,13H2,1-4H3/t19?,20?,21-,22+,27+,28?,29+,30+,31?,32?/m0/s1. The van der Waals surface area contributed by atoms with Crippen molar-refractivity contribution in [1.29, 1.82) is 0 Å². The highest BCUT2D eigenvalue weighted by atomic mass is 33.7. The smallest absolute Gasteiger partial charge is 0.265 e. The first-order chi connectivity index (χ1) is 24.3. The predicted molar refractivity (Wildman–Crippen MR) is 201 cm³/mol. The first-order valence-corrected chi connectivity index (χ1v) is 23.3. The summed E-state index contributed by atoms with van der Waals surface area (Å²) in [4.78, 5) is 59.2. The Kier molecular flexibility index (Phi) is 6.66. The molecule has 2 spiro atoms. The quantitative estimate of drug-likeness (QED) is 0.287. The molecule has 10 aliphatic rings. The number of nitrogens with one attached hydrogen (secondary N) is 2. The summed E-state index contributed by atoms with van der Waals surface area (Å²) in [6.07, 6.45) is -5.63. The highest BCUT2D eigenvalue weighted by Gasteiger charge is 2.92. The van der Waals surface area contributed by atoms with E-state index in [4.69, 9.17) is 0 Å². The first kappa shape index (κ1) is 33.5. The van der Waals surface area contributed by atoms with Gasteiger partial charge in [-0.3, -0.25) is 29.0 Å². The molecule has 2 aromatic carbocycles. The van der Waals surface area contributed by atoms with Crippen LogP contribution in [0, 0.1) is 5.92 Å². The minimum absolute atomic E-state index is 0.330. The highest BCUT2D eigenvalue weighted by molar-refractivity contribution is 9.26. The lowest BCUT2D eigenvalue weighted by Crippen LogP contribution is -2.79. The third-order valence-electron chi connectivity index (χ3n) is 12.7. The first-order valence-electron chi connectivity index (χ1n) is 16.3. The molecule has 10 aliphatic heterocycles. The maximum Gasteiger partial charge on any atom is 0.265 e. The molecule has 0 saturated carbocycles. The third-order valence-corrected chi connectivity index (χ3v) is 23.9. The van der Waals surface area contributed by atoms with E-state index in [1.54, 1.807) is 13.1 Å². The van der Waals surface area contributed by atoms with Crippen LogP contribution in [0.3, 0.4) is 0 Å². The molecule has 0 aliphatic carbocycles. The average molecular weight is 805 g/mol. The Bertz CT molecular complexity index is 2020. The van der Waals surface area contributed by atoms with E-state index in [0.717, 1.165) is 32.4 Å². The van der Waals surface area contributed by atoms with E-state index in [-0.39, 0.29) is 11.8 Å². The van der Waals surface area contributed by atoms with Crippen LogP contribution in [-0.2, 0) is 30.0 Å². The summed E-state index contributed by atoms with van der Waals surface area (Å²) >= 11 is 0. The molecular formula is C32H32N6O7S6. The van der Waals surface area contributed by atoms with E-state index in [2.05, 4.69) is 10.6 Å². The highest BCUT2D eigenvalue weighted by Crippen LogP contribution is 2.78. The number of likely N-dealkylation sites (N-methyl/N-ethyl adjacent to an activating group) is 2. The second-order valence-electron chi connectivity index (χ2n) is 14.5. The number of carbonyl (C=O) groups excluding carboxylic acids is 4. The molecule has 5 unspecified atom stereocenters. The lowest BCUT2D eigenvalue weighted by atomic mass is 9.52. The van der Waals surface area contributed by atoms with Gasteiger partial charge >= 0.3 is 0 Å². The fourth-order valence-electron chi connectivity index (χ4n) is 10.5. The van der Waals surface area contributed by atoms with Crippen LogP contribution in [0.5, 0.6) is 0 Å². The van der Waals surface area contributed by atoms with Crippen LogP contribution >= 0.6 is 62.8 Å². The second-order valence-corrected chi connectivity index (χ2v) is 23.2. The van der Waals surface area contributed by atoms with Crippen molar-refractivity contribution >= 4 is 97.8 Å². The molecule has 0 radical (unpaired) electrons. The molecule has 5 N–H and O–H groups in total. The number of fused-ring (bicyclic) bond motifs is 13. The van der Waals surface area contributed by atoms with Crippen molar-refractivity contribution in [3.8, 4) is 0 Å². The molecule has 4 bridgehead atoms. The van der Waals surface area contributed by atoms with Crippen molar-refractivity contribution < 1.29 is 34.5 Å². The van der Waals surface area contributed by atoms with Gasteiger partial charge < -0.3 is 35.8 Å². The summed E-state index contributed by atoms with van der Waals surface area (Å²) in [6.45, 7) is 3.14. The molecule has 268 valence electrons. The van der Waals surface area contributed by atoms with Crippen LogP contribution in [-0.4, -0.2) is 123 Å². The number of nitrogens with zero attached hydrogens (tertiary/aromatic N) is 4. The van der Waals surface area contributed by atoms with Crippen molar-refractivity contribution in [2.24, 2.45) is 5.92 Å². The number of hydrogen-bond donors (Lipinski definition) is 5. The minimum atomic E-state index is -1.89. The molecule has 8 fully saturated rings. The largest absolute Gasteiger partial charge is 0.392 e.